The maximum Gasteiger partial charge on any atom is 0.495 e. The van der Waals surface area contributed by atoms with Crippen molar-refractivity contribution >= 4 is 23.5 Å². The first-order valence-electron chi connectivity index (χ1n) is 7.02. The number of pyridine rings is 1. The van der Waals surface area contributed by atoms with Crippen molar-refractivity contribution in [3.63, 3.8) is 0 Å². The van der Waals surface area contributed by atoms with Gasteiger partial charge in [0.05, 0.1) is 16.7 Å². The van der Waals surface area contributed by atoms with E-state index in [1.807, 2.05) is 18.3 Å². The van der Waals surface area contributed by atoms with Gasteiger partial charge in [-0.1, -0.05) is 17.7 Å². The van der Waals surface area contributed by atoms with Crippen LogP contribution in [-0.2, 0) is 9.31 Å². The van der Waals surface area contributed by atoms with Crippen LogP contribution in [0.15, 0.2) is 30.5 Å². The standard InChI is InChI=1S/C16H20BNO2/c1-11-8-9-13-12(7-6-10-18-13)14(11)17-19-15(2,3)16(4,5)20-17/h6-10H,1-5H3. The number of benzene rings is 1. The highest BCUT2D eigenvalue weighted by Gasteiger charge is 2.52. The van der Waals surface area contributed by atoms with Crippen molar-refractivity contribution in [1.82, 2.24) is 4.98 Å². The van der Waals surface area contributed by atoms with E-state index in [0.717, 1.165) is 16.4 Å². The Hall–Kier alpha value is -1.39. The molecule has 0 radical (unpaired) electrons. The normalized spacial score (nSPS) is 20.6. The van der Waals surface area contributed by atoms with Gasteiger partial charge in [-0.05, 0) is 52.2 Å². The zero-order chi connectivity index (χ0) is 14.5. The van der Waals surface area contributed by atoms with Gasteiger partial charge in [-0.2, -0.15) is 0 Å². The summed E-state index contributed by atoms with van der Waals surface area (Å²) in [5.74, 6) is 0. The predicted molar refractivity (Wildman–Crippen MR) is 82.2 cm³/mol. The molecule has 1 aromatic heterocycles. The summed E-state index contributed by atoms with van der Waals surface area (Å²) in [6.07, 6.45) is 1.81. The SMILES string of the molecule is Cc1ccc2ncccc2c1B1OC(C)(C)C(C)(C)O1. The van der Waals surface area contributed by atoms with Crippen molar-refractivity contribution in [1.29, 1.82) is 0 Å². The second-order valence-electron chi connectivity index (χ2n) is 6.45. The van der Waals surface area contributed by atoms with Gasteiger partial charge in [0.25, 0.3) is 0 Å². The van der Waals surface area contributed by atoms with Gasteiger partial charge < -0.3 is 9.31 Å². The zero-order valence-corrected chi connectivity index (χ0v) is 12.7. The average Bonchev–Trinajstić information content (AvgIpc) is 2.57. The van der Waals surface area contributed by atoms with Crippen LogP contribution in [0.1, 0.15) is 33.3 Å². The summed E-state index contributed by atoms with van der Waals surface area (Å²) in [5, 5.41) is 1.10. The molecule has 1 aliphatic heterocycles. The molecule has 0 bridgehead atoms. The lowest BCUT2D eigenvalue weighted by atomic mass is 9.74. The van der Waals surface area contributed by atoms with Crippen LogP contribution in [-0.4, -0.2) is 23.3 Å². The van der Waals surface area contributed by atoms with Gasteiger partial charge in [-0.3, -0.25) is 4.98 Å². The van der Waals surface area contributed by atoms with Crippen LogP contribution in [0.3, 0.4) is 0 Å². The number of fused-ring (bicyclic) bond motifs is 1. The topological polar surface area (TPSA) is 31.4 Å². The van der Waals surface area contributed by atoms with E-state index in [9.17, 15) is 0 Å². The molecule has 1 saturated heterocycles. The van der Waals surface area contributed by atoms with Gasteiger partial charge in [0.2, 0.25) is 0 Å². The van der Waals surface area contributed by atoms with Crippen molar-refractivity contribution in [2.75, 3.05) is 0 Å². The third-order valence-electron chi connectivity index (χ3n) is 4.53. The van der Waals surface area contributed by atoms with E-state index in [1.165, 1.54) is 5.56 Å². The van der Waals surface area contributed by atoms with Crippen LogP contribution in [0.25, 0.3) is 10.9 Å². The van der Waals surface area contributed by atoms with E-state index in [-0.39, 0.29) is 18.3 Å². The van der Waals surface area contributed by atoms with Gasteiger partial charge in [0, 0.05) is 11.6 Å². The molecule has 0 aliphatic carbocycles. The average molecular weight is 269 g/mol. The maximum atomic E-state index is 6.19. The summed E-state index contributed by atoms with van der Waals surface area (Å²) in [4.78, 5) is 4.42. The molecule has 2 heterocycles. The number of nitrogens with zero attached hydrogens (tertiary/aromatic N) is 1. The quantitative estimate of drug-likeness (QED) is 0.746. The highest BCUT2D eigenvalue weighted by molar-refractivity contribution is 6.65. The first-order valence-corrected chi connectivity index (χ1v) is 7.02. The Morgan fingerprint density at radius 3 is 2.30 bits per heavy atom. The molecule has 4 heteroatoms. The van der Waals surface area contributed by atoms with Crippen molar-refractivity contribution in [3.8, 4) is 0 Å². The van der Waals surface area contributed by atoms with Gasteiger partial charge in [-0.25, -0.2) is 0 Å². The fourth-order valence-electron chi connectivity index (χ4n) is 2.56. The first-order chi connectivity index (χ1) is 9.32. The summed E-state index contributed by atoms with van der Waals surface area (Å²) < 4.78 is 12.4. The Morgan fingerprint density at radius 1 is 1.00 bits per heavy atom. The van der Waals surface area contributed by atoms with Gasteiger partial charge in [-0.15, -0.1) is 0 Å². The monoisotopic (exact) mass is 269 g/mol. The summed E-state index contributed by atoms with van der Waals surface area (Å²) in [7, 11) is -0.340. The molecule has 20 heavy (non-hydrogen) atoms. The summed E-state index contributed by atoms with van der Waals surface area (Å²) >= 11 is 0. The molecule has 3 nitrogen and oxygen atoms in total. The number of rotatable bonds is 1. The minimum absolute atomic E-state index is 0.325. The molecule has 1 fully saturated rings. The number of hydrogen-bond donors (Lipinski definition) is 0. The smallest absolute Gasteiger partial charge is 0.399 e. The third-order valence-corrected chi connectivity index (χ3v) is 4.53. The largest absolute Gasteiger partial charge is 0.495 e. The van der Waals surface area contributed by atoms with Crippen molar-refractivity contribution in [2.45, 2.75) is 45.8 Å². The summed E-state index contributed by atoms with van der Waals surface area (Å²) in [6.45, 7) is 10.4. The Labute approximate surface area is 120 Å². The lowest BCUT2D eigenvalue weighted by molar-refractivity contribution is 0.00578. The Kier molecular flexibility index (Phi) is 2.92. The fraction of sp³-hybridized carbons (Fsp3) is 0.438. The Bertz CT molecular complexity index is 651. The number of aryl methyl sites for hydroxylation is 1. The Morgan fingerprint density at radius 2 is 1.65 bits per heavy atom. The zero-order valence-electron chi connectivity index (χ0n) is 12.7. The molecule has 0 N–H and O–H groups in total. The molecule has 0 spiro atoms. The highest BCUT2D eigenvalue weighted by Crippen LogP contribution is 2.37. The maximum absolute atomic E-state index is 6.19. The molecule has 0 unspecified atom stereocenters. The van der Waals surface area contributed by atoms with E-state index in [1.54, 1.807) is 0 Å². The summed E-state index contributed by atoms with van der Waals surface area (Å²) in [6, 6.07) is 8.15. The second-order valence-corrected chi connectivity index (χ2v) is 6.45. The van der Waals surface area contributed by atoms with Gasteiger partial charge in [0.1, 0.15) is 0 Å². The minimum Gasteiger partial charge on any atom is -0.399 e. The number of aromatic nitrogens is 1. The Balaban J connectivity index is 2.14. The molecule has 0 atom stereocenters. The first kappa shape index (κ1) is 13.6. The molecule has 2 aromatic rings. The molecule has 1 aliphatic rings. The van der Waals surface area contributed by atoms with Crippen LogP contribution >= 0.6 is 0 Å². The van der Waals surface area contributed by atoms with Crippen molar-refractivity contribution < 1.29 is 9.31 Å². The lowest BCUT2D eigenvalue weighted by Gasteiger charge is -2.32. The van der Waals surface area contributed by atoms with Crippen LogP contribution in [0.2, 0.25) is 0 Å². The predicted octanol–water partition coefficient (Wildman–Crippen LogP) is 2.84. The van der Waals surface area contributed by atoms with Crippen LogP contribution in [0.4, 0.5) is 0 Å². The molecule has 0 amide bonds. The van der Waals surface area contributed by atoms with Gasteiger partial charge >= 0.3 is 7.12 Å². The molecular formula is C16H20BNO2. The summed E-state index contributed by atoms with van der Waals surface area (Å²) in [5.41, 5.74) is 2.59. The minimum atomic E-state index is -0.340. The highest BCUT2D eigenvalue weighted by atomic mass is 16.7. The van der Waals surface area contributed by atoms with Crippen LogP contribution < -0.4 is 5.46 Å². The van der Waals surface area contributed by atoms with E-state index in [4.69, 9.17) is 9.31 Å². The van der Waals surface area contributed by atoms with Crippen LogP contribution in [0, 0.1) is 6.92 Å². The van der Waals surface area contributed by atoms with Crippen molar-refractivity contribution in [2.24, 2.45) is 0 Å². The van der Waals surface area contributed by atoms with E-state index < -0.39 is 0 Å². The molecular weight excluding hydrogens is 249 g/mol. The van der Waals surface area contributed by atoms with E-state index in [0.29, 0.717) is 0 Å². The third kappa shape index (κ3) is 1.95. The fourth-order valence-corrected chi connectivity index (χ4v) is 2.56. The van der Waals surface area contributed by atoms with E-state index in [2.05, 4.69) is 51.7 Å². The lowest BCUT2D eigenvalue weighted by Crippen LogP contribution is -2.41. The van der Waals surface area contributed by atoms with Crippen LogP contribution in [0.5, 0.6) is 0 Å². The molecule has 104 valence electrons. The molecule has 0 saturated carbocycles. The second kappa shape index (κ2) is 4.30. The number of hydrogen-bond acceptors (Lipinski definition) is 3. The molecule has 1 aromatic carbocycles. The molecule has 3 rings (SSSR count). The van der Waals surface area contributed by atoms with Crippen molar-refractivity contribution in [3.05, 3.63) is 36.0 Å². The van der Waals surface area contributed by atoms with Gasteiger partial charge in [0.15, 0.2) is 0 Å². The van der Waals surface area contributed by atoms with E-state index >= 15 is 0 Å².